The maximum absolute atomic E-state index is 13.4. The fourth-order valence-corrected chi connectivity index (χ4v) is 6.80. The van der Waals surface area contributed by atoms with Gasteiger partial charge in [0.05, 0.1) is 24.9 Å². The van der Waals surface area contributed by atoms with Gasteiger partial charge in [0.15, 0.2) is 5.69 Å². The molecule has 3 saturated heterocycles. The summed E-state index contributed by atoms with van der Waals surface area (Å²) < 4.78 is 46.1. The van der Waals surface area contributed by atoms with Crippen LogP contribution in [0.2, 0.25) is 0 Å². The van der Waals surface area contributed by atoms with Gasteiger partial charge >= 0.3 is 6.18 Å². The Balaban J connectivity index is 0.860. The van der Waals surface area contributed by atoms with Crippen LogP contribution >= 0.6 is 0 Å². The summed E-state index contributed by atoms with van der Waals surface area (Å²) in [5, 5.41) is 11.2. The lowest BCUT2D eigenvalue weighted by molar-refractivity contribution is -0.137. The number of halogens is 3. The Kier molecular flexibility index (Phi) is 12.5. The van der Waals surface area contributed by atoms with E-state index in [0.29, 0.717) is 74.1 Å². The third-order valence-corrected chi connectivity index (χ3v) is 9.86. The second-order valence-electron chi connectivity index (χ2n) is 13.7. The van der Waals surface area contributed by atoms with Gasteiger partial charge in [-0.2, -0.15) is 13.2 Å². The van der Waals surface area contributed by atoms with Gasteiger partial charge in [-0.3, -0.25) is 34.3 Å². The van der Waals surface area contributed by atoms with Crippen LogP contribution in [0.4, 0.5) is 41.7 Å². The van der Waals surface area contributed by atoms with Crippen LogP contribution in [-0.2, 0) is 25.4 Å². The molecule has 6 rings (SSSR count). The van der Waals surface area contributed by atoms with Gasteiger partial charge in [0.25, 0.3) is 0 Å². The van der Waals surface area contributed by atoms with Gasteiger partial charge in [-0.1, -0.05) is 12.1 Å². The van der Waals surface area contributed by atoms with E-state index in [0.717, 1.165) is 32.2 Å². The Bertz CT molecular complexity index is 1900. The summed E-state index contributed by atoms with van der Waals surface area (Å²) in [6.07, 6.45) is -1.48. The monoisotopic (exact) mass is 761 g/mol. The molecule has 1 atom stereocenters. The molecule has 3 aliphatic heterocycles. The number of carbonyl (C=O) groups excluding carboxylic acids is 4. The van der Waals surface area contributed by atoms with Gasteiger partial charge in [-0.15, -0.1) is 0 Å². The smallest absolute Gasteiger partial charge is 0.407 e. The summed E-state index contributed by atoms with van der Waals surface area (Å²) in [5.74, 6) is -0.368. The summed E-state index contributed by atoms with van der Waals surface area (Å²) in [5.41, 5.74) is 0.265. The zero-order valence-corrected chi connectivity index (χ0v) is 30.0. The highest BCUT2D eigenvalue weighted by Gasteiger charge is 2.35. The van der Waals surface area contributed by atoms with Crippen LogP contribution in [0.5, 0.6) is 5.75 Å². The zero-order chi connectivity index (χ0) is 39.0. The third-order valence-electron chi connectivity index (χ3n) is 9.86. The number of anilines is 4. The number of piperazine rings is 1. The quantitative estimate of drug-likeness (QED) is 0.155. The van der Waals surface area contributed by atoms with Crippen molar-refractivity contribution in [2.45, 2.75) is 37.9 Å². The van der Waals surface area contributed by atoms with E-state index in [1.165, 1.54) is 12.1 Å². The molecule has 2 aromatic carbocycles. The Hall–Kier alpha value is -5.73. The summed E-state index contributed by atoms with van der Waals surface area (Å²) in [6.45, 7) is 12.2. The van der Waals surface area contributed by atoms with E-state index in [9.17, 15) is 32.3 Å². The van der Waals surface area contributed by atoms with Crippen LogP contribution in [0, 0.1) is 12.5 Å². The van der Waals surface area contributed by atoms with Gasteiger partial charge < -0.3 is 25.6 Å². The molecule has 0 saturated carbocycles. The molecular weight excluding hydrogens is 719 g/mol. The Morgan fingerprint density at radius 1 is 0.927 bits per heavy atom. The summed E-state index contributed by atoms with van der Waals surface area (Å²) >= 11 is 0. The number of imide groups is 1. The molecule has 0 aliphatic carbocycles. The minimum Gasteiger partial charge on any atom is -0.491 e. The molecule has 1 aromatic heterocycles. The van der Waals surface area contributed by atoms with Crippen molar-refractivity contribution >= 4 is 52.2 Å². The number of piperidine rings is 2. The Morgan fingerprint density at radius 2 is 1.67 bits per heavy atom. The van der Waals surface area contributed by atoms with Crippen molar-refractivity contribution in [3.05, 3.63) is 77.8 Å². The molecule has 3 aliphatic rings. The summed E-state index contributed by atoms with van der Waals surface area (Å²) in [7, 11) is 0. The number of amides is 4. The highest BCUT2D eigenvalue weighted by atomic mass is 19.4. The van der Waals surface area contributed by atoms with Crippen molar-refractivity contribution in [3.8, 4) is 5.75 Å². The molecule has 290 valence electrons. The lowest BCUT2D eigenvalue weighted by Gasteiger charge is -2.34. The molecule has 3 aromatic rings. The summed E-state index contributed by atoms with van der Waals surface area (Å²) in [6, 6.07) is 13.7. The fourth-order valence-electron chi connectivity index (χ4n) is 6.80. The van der Waals surface area contributed by atoms with E-state index in [1.54, 1.807) is 47.5 Å². The standard InChI is InChI=1S/C38H42F3N9O5/c1-42-31-7-5-28(22-30(31)38(39,40)41)50-13-11-25(12-14-50)36(53)46-33-9-6-29(23-43-33)55-20-19-48-15-17-49(18-16-48)24-35(52)45-27-4-2-3-26(21-27)44-32-8-10-34(51)47-37(32)54/h2-7,9,21-23,25,32,44H,8,10-20,24H2,(H,45,52)(H,43,46,53)(H,47,51,54). The molecule has 14 nitrogen and oxygen atoms in total. The van der Waals surface area contributed by atoms with E-state index in [4.69, 9.17) is 11.3 Å². The molecule has 0 spiro atoms. The average Bonchev–Trinajstić information content (AvgIpc) is 3.17. The molecule has 17 heteroatoms. The van der Waals surface area contributed by atoms with Crippen molar-refractivity contribution < 1.29 is 37.1 Å². The molecule has 4 heterocycles. The Labute approximate surface area is 316 Å². The molecule has 3 fully saturated rings. The topological polar surface area (TPSA) is 153 Å². The number of hydrogen-bond donors (Lipinski definition) is 4. The van der Waals surface area contributed by atoms with Crippen molar-refractivity contribution in [1.29, 1.82) is 0 Å². The highest BCUT2D eigenvalue weighted by molar-refractivity contribution is 6.01. The van der Waals surface area contributed by atoms with Gasteiger partial charge in [-0.25, -0.2) is 9.83 Å². The second kappa shape index (κ2) is 17.6. The van der Waals surface area contributed by atoms with E-state index in [1.807, 2.05) is 0 Å². The van der Waals surface area contributed by atoms with E-state index < -0.39 is 23.5 Å². The van der Waals surface area contributed by atoms with Gasteiger partial charge in [0.1, 0.15) is 24.2 Å². The normalized spacial score (nSPS) is 18.6. The zero-order valence-electron chi connectivity index (χ0n) is 30.0. The van der Waals surface area contributed by atoms with E-state index in [-0.39, 0.29) is 42.5 Å². The number of hydrogen-bond acceptors (Lipinski definition) is 10. The number of carbonyl (C=O) groups is 4. The molecule has 4 N–H and O–H groups in total. The molecule has 4 amide bonds. The minimum absolute atomic E-state index is 0.140. The SMILES string of the molecule is [C-]#[N+]c1ccc(N2CCC(C(=O)Nc3ccc(OCCN4CCN(CC(=O)Nc5cccc(NC6CCC(=O)NC6=O)c5)CC4)cn3)CC2)cc1C(F)(F)F. The first-order valence-corrected chi connectivity index (χ1v) is 18.1. The number of benzene rings is 2. The van der Waals surface area contributed by atoms with Crippen LogP contribution in [0.25, 0.3) is 4.85 Å². The van der Waals surface area contributed by atoms with Gasteiger partial charge in [-0.05, 0) is 61.7 Å². The number of alkyl halides is 3. The predicted molar refractivity (Wildman–Crippen MR) is 199 cm³/mol. The second-order valence-corrected chi connectivity index (χ2v) is 13.7. The van der Waals surface area contributed by atoms with Crippen LogP contribution in [0.1, 0.15) is 31.2 Å². The van der Waals surface area contributed by atoms with Crippen LogP contribution in [0.3, 0.4) is 0 Å². The Morgan fingerprint density at radius 3 is 2.36 bits per heavy atom. The van der Waals surface area contributed by atoms with Crippen LogP contribution in [-0.4, -0.2) is 103 Å². The number of rotatable bonds is 12. The number of aromatic nitrogens is 1. The largest absolute Gasteiger partial charge is 0.491 e. The van der Waals surface area contributed by atoms with Gasteiger partial charge in [0.2, 0.25) is 23.6 Å². The molecule has 55 heavy (non-hydrogen) atoms. The van der Waals surface area contributed by atoms with Gasteiger partial charge in [0, 0.05) is 75.2 Å². The van der Waals surface area contributed by atoms with Crippen molar-refractivity contribution in [1.82, 2.24) is 20.1 Å². The van der Waals surface area contributed by atoms with Crippen molar-refractivity contribution in [3.63, 3.8) is 0 Å². The molecule has 0 bridgehead atoms. The summed E-state index contributed by atoms with van der Waals surface area (Å²) in [4.78, 5) is 62.6. The third kappa shape index (κ3) is 10.7. The molecule has 0 radical (unpaired) electrons. The first-order chi connectivity index (χ1) is 26.4. The number of pyridine rings is 1. The number of nitrogens with zero attached hydrogens (tertiary/aromatic N) is 5. The molecule has 1 unspecified atom stereocenters. The maximum Gasteiger partial charge on any atom is 0.407 e. The average molecular weight is 762 g/mol. The fraction of sp³-hybridized carbons (Fsp3) is 0.421. The van der Waals surface area contributed by atoms with E-state index in [2.05, 4.69) is 40.9 Å². The van der Waals surface area contributed by atoms with Crippen LogP contribution in [0.15, 0.2) is 60.8 Å². The first kappa shape index (κ1) is 39.0. The lowest BCUT2D eigenvalue weighted by atomic mass is 9.95. The molecular formula is C38H42F3N9O5. The van der Waals surface area contributed by atoms with Crippen molar-refractivity contribution in [2.24, 2.45) is 5.92 Å². The lowest BCUT2D eigenvalue weighted by Crippen LogP contribution is -2.49. The number of nitrogens with one attached hydrogen (secondary N) is 4. The highest BCUT2D eigenvalue weighted by Crippen LogP contribution is 2.39. The van der Waals surface area contributed by atoms with Crippen molar-refractivity contribution in [2.75, 3.05) is 79.8 Å². The maximum atomic E-state index is 13.4. The first-order valence-electron chi connectivity index (χ1n) is 18.1. The van der Waals surface area contributed by atoms with Crippen LogP contribution < -0.4 is 30.9 Å². The van der Waals surface area contributed by atoms with E-state index >= 15 is 0 Å². The number of ether oxygens (including phenoxy) is 1. The predicted octanol–water partition coefficient (Wildman–Crippen LogP) is 4.36. The minimum atomic E-state index is -4.62.